The van der Waals surface area contributed by atoms with Gasteiger partial charge in [-0.2, -0.15) is 0 Å². The molecule has 1 saturated heterocycles. The zero-order valence-corrected chi connectivity index (χ0v) is 16.4. The number of fused-ring (bicyclic) bond motifs is 1. The highest BCUT2D eigenvalue weighted by Gasteiger charge is 2.18. The first-order chi connectivity index (χ1) is 10.7. The molecule has 0 aromatic carbocycles. The molecule has 1 atom stereocenters. The van der Waals surface area contributed by atoms with Crippen LogP contribution in [0.3, 0.4) is 0 Å². The van der Waals surface area contributed by atoms with Crippen molar-refractivity contribution in [2.75, 3.05) is 19.6 Å². The summed E-state index contributed by atoms with van der Waals surface area (Å²) in [5, 5.41) is 8.69. The highest BCUT2D eigenvalue weighted by Crippen LogP contribution is 2.16. The maximum Gasteiger partial charge on any atom is 0.191 e. The van der Waals surface area contributed by atoms with Crippen LogP contribution in [0.25, 0.3) is 0 Å². The average molecular weight is 432 g/mol. The number of halogens is 1. The van der Waals surface area contributed by atoms with Crippen molar-refractivity contribution in [1.29, 1.82) is 0 Å². The van der Waals surface area contributed by atoms with Crippen LogP contribution in [0.15, 0.2) is 4.99 Å². The van der Waals surface area contributed by atoms with Crippen molar-refractivity contribution >= 4 is 29.9 Å². The lowest BCUT2D eigenvalue weighted by Gasteiger charge is -2.31. The van der Waals surface area contributed by atoms with Gasteiger partial charge in [0.05, 0.1) is 0 Å². The van der Waals surface area contributed by atoms with Gasteiger partial charge in [0.25, 0.3) is 0 Å². The second-order valence-electron chi connectivity index (χ2n) is 6.68. The van der Waals surface area contributed by atoms with Gasteiger partial charge in [0.2, 0.25) is 0 Å². The van der Waals surface area contributed by atoms with E-state index in [1.54, 1.807) is 0 Å². The van der Waals surface area contributed by atoms with Crippen molar-refractivity contribution in [2.45, 2.75) is 58.4 Å². The number of hydrogen-bond donors (Lipinski definition) is 1. The molecule has 0 aliphatic carbocycles. The number of guanidine groups is 1. The molecule has 3 heterocycles. The molecule has 0 bridgehead atoms. The van der Waals surface area contributed by atoms with Crippen molar-refractivity contribution in [3.63, 3.8) is 0 Å². The smallest absolute Gasteiger partial charge is 0.191 e. The lowest BCUT2D eigenvalue weighted by atomic mass is 10.0. The maximum absolute atomic E-state index is 6.15. The normalized spacial score (nSPS) is 22.2. The molecule has 6 nitrogen and oxygen atoms in total. The third kappa shape index (κ3) is 4.81. The predicted octanol–water partition coefficient (Wildman–Crippen LogP) is 2.21. The molecule has 1 aromatic heterocycles. The number of aryl methyl sites for hydroxylation is 1. The number of likely N-dealkylation sites (tertiary alicyclic amines) is 1. The molecule has 0 amide bonds. The first-order valence-corrected chi connectivity index (χ1v) is 8.70. The summed E-state index contributed by atoms with van der Waals surface area (Å²) < 4.78 is 2.29. The Labute approximate surface area is 155 Å². The molecule has 7 heteroatoms. The molecular weight excluding hydrogens is 403 g/mol. The van der Waals surface area contributed by atoms with Crippen LogP contribution in [-0.4, -0.2) is 45.3 Å². The number of nitrogens with two attached hydrogens (primary N) is 1. The minimum Gasteiger partial charge on any atom is -0.370 e. The summed E-state index contributed by atoms with van der Waals surface area (Å²) >= 11 is 0. The molecule has 2 N–H and O–H groups in total. The van der Waals surface area contributed by atoms with Crippen LogP contribution >= 0.6 is 24.0 Å². The fourth-order valence-electron chi connectivity index (χ4n) is 3.50. The number of piperidine rings is 1. The Kier molecular flexibility index (Phi) is 7.10. The Morgan fingerprint density at radius 3 is 2.91 bits per heavy atom. The molecule has 1 aromatic rings. The van der Waals surface area contributed by atoms with Crippen LogP contribution in [0.4, 0.5) is 0 Å². The molecule has 0 radical (unpaired) electrons. The SMILES string of the molecule is CC1CCCN(C(N)=NCCc2nnc3n2CCCCC3)C1.I. The van der Waals surface area contributed by atoms with Crippen molar-refractivity contribution in [3.8, 4) is 0 Å². The summed E-state index contributed by atoms with van der Waals surface area (Å²) in [6.45, 7) is 6.12. The highest BCUT2D eigenvalue weighted by molar-refractivity contribution is 14.0. The van der Waals surface area contributed by atoms with Gasteiger partial charge in [-0.25, -0.2) is 0 Å². The topological polar surface area (TPSA) is 72.3 Å². The molecule has 23 heavy (non-hydrogen) atoms. The maximum atomic E-state index is 6.15. The fraction of sp³-hybridized carbons (Fsp3) is 0.812. The van der Waals surface area contributed by atoms with Crippen molar-refractivity contribution < 1.29 is 0 Å². The van der Waals surface area contributed by atoms with Gasteiger partial charge in [-0.05, 0) is 31.6 Å². The minimum atomic E-state index is 0. The van der Waals surface area contributed by atoms with Gasteiger partial charge in [0.1, 0.15) is 11.6 Å². The zero-order chi connectivity index (χ0) is 15.4. The number of rotatable bonds is 3. The summed E-state index contributed by atoms with van der Waals surface area (Å²) in [7, 11) is 0. The van der Waals surface area contributed by atoms with E-state index in [2.05, 4.69) is 31.6 Å². The molecule has 1 fully saturated rings. The van der Waals surface area contributed by atoms with Gasteiger partial charge in [0, 0.05) is 39.0 Å². The molecule has 130 valence electrons. The second-order valence-corrected chi connectivity index (χ2v) is 6.68. The Morgan fingerprint density at radius 2 is 2.09 bits per heavy atom. The van der Waals surface area contributed by atoms with E-state index in [9.17, 15) is 0 Å². The molecule has 2 aliphatic heterocycles. The molecule has 0 spiro atoms. The van der Waals surface area contributed by atoms with E-state index in [0.717, 1.165) is 50.0 Å². The quantitative estimate of drug-likeness (QED) is 0.452. The fourth-order valence-corrected chi connectivity index (χ4v) is 3.50. The van der Waals surface area contributed by atoms with E-state index in [1.807, 2.05) is 0 Å². The first-order valence-electron chi connectivity index (χ1n) is 8.70. The molecule has 1 unspecified atom stereocenters. The van der Waals surface area contributed by atoms with E-state index in [0.29, 0.717) is 12.5 Å². The summed E-state index contributed by atoms with van der Waals surface area (Å²) in [4.78, 5) is 6.79. The van der Waals surface area contributed by atoms with Crippen molar-refractivity contribution in [1.82, 2.24) is 19.7 Å². The molecule has 2 aliphatic rings. The van der Waals surface area contributed by atoms with Gasteiger partial charge in [-0.3, -0.25) is 4.99 Å². The van der Waals surface area contributed by atoms with Gasteiger partial charge in [-0.15, -0.1) is 34.2 Å². The zero-order valence-electron chi connectivity index (χ0n) is 14.1. The van der Waals surface area contributed by atoms with Gasteiger partial charge < -0.3 is 15.2 Å². The van der Waals surface area contributed by atoms with Crippen molar-refractivity contribution in [3.05, 3.63) is 11.6 Å². The average Bonchev–Trinajstić information content (AvgIpc) is 2.75. The van der Waals surface area contributed by atoms with Crippen LogP contribution in [0.1, 0.15) is 50.7 Å². The second kappa shape index (κ2) is 8.84. The Hall–Kier alpha value is -0.860. The number of aliphatic imine (C=N–C) groups is 1. The van der Waals surface area contributed by atoms with E-state index in [1.165, 1.54) is 32.1 Å². The largest absolute Gasteiger partial charge is 0.370 e. The lowest BCUT2D eigenvalue weighted by molar-refractivity contribution is 0.270. The number of aromatic nitrogens is 3. The Bertz CT molecular complexity index is 527. The third-order valence-corrected chi connectivity index (χ3v) is 4.78. The van der Waals surface area contributed by atoms with Crippen LogP contribution in [0.5, 0.6) is 0 Å². The van der Waals surface area contributed by atoms with E-state index in [-0.39, 0.29) is 24.0 Å². The van der Waals surface area contributed by atoms with Crippen LogP contribution in [0, 0.1) is 5.92 Å². The third-order valence-electron chi connectivity index (χ3n) is 4.78. The minimum absolute atomic E-state index is 0. The summed E-state index contributed by atoms with van der Waals surface area (Å²) in [6.07, 6.45) is 8.17. The number of hydrogen-bond acceptors (Lipinski definition) is 3. The van der Waals surface area contributed by atoms with E-state index >= 15 is 0 Å². The summed E-state index contributed by atoms with van der Waals surface area (Å²) in [5.74, 6) is 3.63. The summed E-state index contributed by atoms with van der Waals surface area (Å²) in [5.41, 5.74) is 6.15. The lowest BCUT2D eigenvalue weighted by Crippen LogP contribution is -2.43. The molecular formula is C16H29IN6. The Morgan fingerprint density at radius 1 is 1.22 bits per heavy atom. The highest BCUT2D eigenvalue weighted by atomic mass is 127. The monoisotopic (exact) mass is 432 g/mol. The Balaban J connectivity index is 0.00000192. The van der Waals surface area contributed by atoms with Crippen LogP contribution < -0.4 is 5.73 Å². The van der Waals surface area contributed by atoms with Gasteiger partial charge in [-0.1, -0.05) is 13.3 Å². The van der Waals surface area contributed by atoms with E-state index < -0.39 is 0 Å². The van der Waals surface area contributed by atoms with Gasteiger partial charge >= 0.3 is 0 Å². The molecule has 3 rings (SSSR count). The summed E-state index contributed by atoms with van der Waals surface area (Å²) in [6, 6.07) is 0. The van der Waals surface area contributed by atoms with Gasteiger partial charge in [0.15, 0.2) is 5.96 Å². The van der Waals surface area contributed by atoms with Crippen molar-refractivity contribution in [2.24, 2.45) is 16.6 Å². The standard InChI is InChI=1S/C16H28N6.HI/c1-13-6-5-10-21(12-13)16(17)18-9-8-15-20-19-14-7-3-2-4-11-22(14)15;/h13H,2-12H2,1H3,(H2,17,18);1H. The predicted molar refractivity (Wildman–Crippen MR) is 103 cm³/mol. The first kappa shape index (κ1) is 18.5. The van der Waals surface area contributed by atoms with Crippen LogP contribution in [-0.2, 0) is 19.4 Å². The number of nitrogens with zero attached hydrogens (tertiary/aromatic N) is 5. The van der Waals surface area contributed by atoms with E-state index in [4.69, 9.17) is 5.73 Å². The van der Waals surface area contributed by atoms with Crippen LogP contribution in [0.2, 0.25) is 0 Å². The molecule has 0 saturated carbocycles.